The monoisotopic (exact) mass is 132 g/mol. The maximum absolute atomic E-state index is 5.06. The van der Waals surface area contributed by atoms with Gasteiger partial charge in [-0.3, -0.25) is 0 Å². The van der Waals surface area contributed by atoms with E-state index < -0.39 is 0 Å². The van der Waals surface area contributed by atoms with Gasteiger partial charge in [-0.05, 0) is 13.3 Å². The van der Waals surface area contributed by atoms with E-state index >= 15 is 0 Å². The van der Waals surface area contributed by atoms with Crippen molar-refractivity contribution in [3.05, 3.63) is 0 Å². The van der Waals surface area contributed by atoms with Crippen LogP contribution in [0.3, 0.4) is 0 Å². The Morgan fingerprint density at radius 1 is 1.33 bits per heavy atom. The molecule has 0 saturated carbocycles. The van der Waals surface area contributed by atoms with Crippen molar-refractivity contribution < 1.29 is 9.47 Å². The van der Waals surface area contributed by atoms with Gasteiger partial charge in [0.2, 0.25) is 0 Å². The molecular formula is C7H16O2. The molecule has 9 heavy (non-hydrogen) atoms. The van der Waals surface area contributed by atoms with Gasteiger partial charge in [0.05, 0.1) is 12.7 Å². The summed E-state index contributed by atoms with van der Waals surface area (Å²) in [6.45, 7) is 7.41. The minimum Gasteiger partial charge on any atom is -0.355 e. The second-order valence-corrected chi connectivity index (χ2v) is 1.79. The van der Waals surface area contributed by atoms with E-state index in [0.717, 1.165) is 13.0 Å². The summed E-state index contributed by atoms with van der Waals surface area (Å²) in [4.78, 5) is 0. The molecule has 0 bridgehead atoms. The van der Waals surface area contributed by atoms with Crippen molar-refractivity contribution in [1.82, 2.24) is 0 Å². The fraction of sp³-hybridized carbons (Fsp3) is 1.00. The van der Waals surface area contributed by atoms with E-state index in [9.17, 15) is 0 Å². The SMILES string of the molecule is CC.CC1CCOCO1. The topological polar surface area (TPSA) is 18.5 Å². The standard InChI is InChI=1S/C5H10O2.C2H6/c1-5-2-3-6-4-7-5;1-2/h5H,2-4H2,1H3;1-2H3. The van der Waals surface area contributed by atoms with Gasteiger partial charge in [0.15, 0.2) is 0 Å². The molecule has 0 aromatic rings. The Bertz CT molecular complexity index is 48.9. The van der Waals surface area contributed by atoms with E-state index in [4.69, 9.17) is 9.47 Å². The van der Waals surface area contributed by atoms with Crippen molar-refractivity contribution in [3.8, 4) is 0 Å². The lowest BCUT2D eigenvalue weighted by Crippen LogP contribution is -2.20. The zero-order valence-corrected chi connectivity index (χ0v) is 6.52. The van der Waals surface area contributed by atoms with Crippen molar-refractivity contribution in [3.63, 3.8) is 0 Å². The molecule has 2 heteroatoms. The third-order valence-corrected chi connectivity index (χ3v) is 1.10. The van der Waals surface area contributed by atoms with Gasteiger partial charge in [-0.25, -0.2) is 0 Å². The van der Waals surface area contributed by atoms with Crippen LogP contribution in [0, 0.1) is 0 Å². The molecule has 1 aliphatic heterocycles. The summed E-state index contributed by atoms with van der Waals surface area (Å²) in [5, 5.41) is 0. The highest BCUT2D eigenvalue weighted by Gasteiger charge is 2.05. The quantitative estimate of drug-likeness (QED) is 0.500. The third-order valence-electron chi connectivity index (χ3n) is 1.10. The zero-order valence-electron chi connectivity index (χ0n) is 6.52. The van der Waals surface area contributed by atoms with Crippen LogP contribution >= 0.6 is 0 Å². The number of hydrogen-bond acceptors (Lipinski definition) is 2. The van der Waals surface area contributed by atoms with Crippen molar-refractivity contribution >= 4 is 0 Å². The van der Waals surface area contributed by atoms with Gasteiger partial charge in [-0.15, -0.1) is 0 Å². The van der Waals surface area contributed by atoms with Crippen LogP contribution < -0.4 is 0 Å². The highest BCUT2D eigenvalue weighted by atomic mass is 16.7. The van der Waals surface area contributed by atoms with Crippen LogP contribution in [0.15, 0.2) is 0 Å². The highest BCUT2D eigenvalue weighted by Crippen LogP contribution is 2.02. The molecule has 0 N–H and O–H groups in total. The minimum atomic E-state index is 0.411. The fourth-order valence-electron chi connectivity index (χ4n) is 0.556. The molecule has 1 aliphatic rings. The van der Waals surface area contributed by atoms with Crippen LogP contribution in [0.4, 0.5) is 0 Å². The molecule has 0 amide bonds. The van der Waals surface area contributed by atoms with E-state index in [1.807, 2.05) is 13.8 Å². The van der Waals surface area contributed by atoms with Crippen molar-refractivity contribution in [2.24, 2.45) is 0 Å². The smallest absolute Gasteiger partial charge is 0.147 e. The van der Waals surface area contributed by atoms with Crippen LogP contribution in [-0.2, 0) is 9.47 Å². The first-order valence-corrected chi connectivity index (χ1v) is 3.59. The Labute approximate surface area is 57.2 Å². The maximum atomic E-state index is 5.06. The van der Waals surface area contributed by atoms with Crippen LogP contribution in [0.2, 0.25) is 0 Å². The average molecular weight is 132 g/mol. The molecule has 1 saturated heterocycles. The highest BCUT2D eigenvalue weighted by molar-refractivity contribution is 4.49. The van der Waals surface area contributed by atoms with Gasteiger partial charge in [0, 0.05) is 0 Å². The molecule has 1 fully saturated rings. The molecular weight excluding hydrogens is 116 g/mol. The Morgan fingerprint density at radius 3 is 2.22 bits per heavy atom. The van der Waals surface area contributed by atoms with Gasteiger partial charge in [0.25, 0.3) is 0 Å². The summed E-state index contributed by atoms with van der Waals surface area (Å²) in [5.74, 6) is 0. The van der Waals surface area contributed by atoms with E-state index in [-0.39, 0.29) is 0 Å². The lowest BCUT2D eigenvalue weighted by atomic mass is 10.3. The van der Waals surface area contributed by atoms with Gasteiger partial charge in [-0.1, -0.05) is 13.8 Å². The summed E-state index contributed by atoms with van der Waals surface area (Å²) < 4.78 is 9.97. The van der Waals surface area contributed by atoms with Crippen LogP contribution in [0.1, 0.15) is 27.2 Å². The lowest BCUT2D eigenvalue weighted by Gasteiger charge is -2.17. The van der Waals surface area contributed by atoms with Crippen LogP contribution in [-0.4, -0.2) is 19.5 Å². The summed E-state index contributed by atoms with van der Waals surface area (Å²) >= 11 is 0. The average Bonchev–Trinajstić information content (AvgIpc) is 1.94. The van der Waals surface area contributed by atoms with Crippen LogP contribution in [0.5, 0.6) is 0 Å². The maximum Gasteiger partial charge on any atom is 0.147 e. The molecule has 1 unspecified atom stereocenters. The second-order valence-electron chi connectivity index (χ2n) is 1.79. The molecule has 0 aliphatic carbocycles. The Kier molecular flexibility index (Phi) is 5.99. The molecule has 1 rings (SSSR count). The number of ether oxygens (including phenoxy) is 2. The summed E-state index contributed by atoms with van der Waals surface area (Å²) in [6, 6.07) is 0. The van der Waals surface area contributed by atoms with E-state index in [0.29, 0.717) is 12.9 Å². The fourth-order valence-corrected chi connectivity index (χ4v) is 0.556. The molecule has 56 valence electrons. The Balaban J connectivity index is 0.000000291. The molecule has 0 aromatic heterocycles. The molecule has 0 aromatic carbocycles. The second kappa shape index (κ2) is 6.05. The molecule has 1 heterocycles. The summed E-state index contributed by atoms with van der Waals surface area (Å²) in [6.07, 6.45) is 1.45. The van der Waals surface area contributed by atoms with Crippen molar-refractivity contribution in [2.75, 3.05) is 13.4 Å². The van der Waals surface area contributed by atoms with Gasteiger partial charge >= 0.3 is 0 Å². The Morgan fingerprint density at radius 2 is 2.00 bits per heavy atom. The van der Waals surface area contributed by atoms with Crippen molar-refractivity contribution in [2.45, 2.75) is 33.3 Å². The molecule has 0 spiro atoms. The third kappa shape index (κ3) is 4.43. The van der Waals surface area contributed by atoms with Gasteiger partial charge in [-0.2, -0.15) is 0 Å². The largest absolute Gasteiger partial charge is 0.355 e. The first-order chi connectivity index (χ1) is 4.39. The minimum absolute atomic E-state index is 0.411. The lowest BCUT2D eigenvalue weighted by molar-refractivity contribution is -0.132. The molecule has 2 nitrogen and oxygen atoms in total. The van der Waals surface area contributed by atoms with E-state index in [2.05, 4.69) is 6.92 Å². The summed E-state index contributed by atoms with van der Waals surface area (Å²) in [5.41, 5.74) is 0. The first-order valence-electron chi connectivity index (χ1n) is 3.59. The van der Waals surface area contributed by atoms with Gasteiger partial charge < -0.3 is 9.47 Å². The van der Waals surface area contributed by atoms with Crippen LogP contribution in [0.25, 0.3) is 0 Å². The normalized spacial score (nSPS) is 26.3. The first kappa shape index (κ1) is 8.92. The number of rotatable bonds is 0. The van der Waals surface area contributed by atoms with Gasteiger partial charge in [0.1, 0.15) is 6.79 Å². The van der Waals surface area contributed by atoms with Crippen molar-refractivity contribution in [1.29, 1.82) is 0 Å². The molecule has 0 radical (unpaired) electrons. The molecule has 1 atom stereocenters. The Hall–Kier alpha value is -0.0800. The zero-order chi connectivity index (χ0) is 7.11. The predicted octanol–water partition coefficient (Wildman–Crippen LogP) is 1.80. The van der Waals surface area contributed by atoms with E-state index in [1.54, 1.807) is 0 Å². The predicted molar refractivity (Wildman–Crippen MR) is 37.3 cm³/mol. The van der Waals surface area contributed by atoms with E-state index in [1.165, 1.54) is 0 Å². The number of hydrogen-bond donors (Lipinski definition) is 0. The summed E-state index contributed by atoms with van der Waals surface area (Å²) in [7, 11) is 0.